The van der Waals surface area contributed by atoms with Crippen LogP contribution in [0.25, 0.3) is 0 Å². The first kappa shape index (κ1) is 13.6. The lowest BCUT2D eigenvalue weighted by Gasteiger charge is -2.20. The molecule has 0 aliphatic rings. The normalized spacial score (nSPS) is 10.9. The van der Waals surface area contributed by atoms with Crippen molar-refractivity contribution in [2.45, 2.75) is 13.8 Å². The summed E-state index contributed by atoms with van der Waals surface area (Å²) in [7, 11) is 1.72. The Morgan fingerprint density at radius 1 is 1.43 bits per heavy atom. The van der Waals surface area contributed by atoms with Crippen molar-refractivity contribution in [1.29, 1.82) is 0 Å². The molecule has 0 aliphatic carbocycles. The highest BCUT2D eigenvalue weighted by atomic mass is 16.5. The fourth-order valence-electron chi connectivity index (χ4n) is 1.27. The Labute approximate surface area is 88.1 Å². The van der Waals surface area contributed by atoms with Crippen LogP contribution in [0.3, 0.4) is 0 Å². The second-order valence-corrected chi connectivity index (χ2v) is 3.57. The molecule has 0 saturated heterocycles. The fraction of sp³-hybridized carbons (Fsp3) is 0.818. The second-order valence-electron chi connectivity index (χ2n) is 3.57. The first-order chi connectivity index (χ1) is 6.70. The topological polar surface area (TPSA) is 24.5 Å². The van der Waals surface area contributed by atoms with Gasteiger partial charge in [0.2, 0.25) is 0 Å². The zero-order valence-electron chi connectivity index (χ0n) is 9.81. The Bertz CT molecular complexity index is 148. The lowest BCUT2D eigenvalue weighted by molar-refractivity contribution is 0.197. The molecule has 0 bridgehead atoms. The van der Waals surface area contributed by atoms with Crippen molar-refractivity contribution < 1.29 is 4.74 Å². The fourth-order valence-corrected chi connectivity index (χ4v) is 1.27. The predicted molar refractivity (Wildman–Crippen MR) is 61.7 cm³/mol. The van der Waals surface area contributed by atoms with E-state index in [1.807, 2.05) is 0 Å². The van der Waals surface area contributed by atoms with Gasteiger partial charge >= 0.3 is 0 Å². The number of hydrogen-bond donors (Lipinski definition) is 1. The van der Waals surface area contributed by atoms with Crippen LogP contribution in [0.4, 0.5) is 0 Å². The molecule has 0 radical (unpaired) electrons. The molecule has 0 aliphatic heterocycles. The molecule has 0 aromatic rings. The third-order valence-corrected chi connectivity index (χ3v) is 2.03. The maximum Gasteiger partial charge on any atom is 0.0587 e. The van der Waals surface area contributed by atoms with Crippen LogP contribution in [0, 0.1) is 0 Å². The van der Waals surface area contributed by atoms with Crippen molar-refractivity contribution in [3.05, 3.63) is 12.2 Å². The van der Waals surface area contributed by atoms with Crippen LogP contribution in [0.1, 0.15) is 13.8 Å². The van der Waals surface area contributed by atoms with Gasteiger partial charge in [-0.2, -0.15) is 0 Å². The molecule has 0 spiro atoms. The Balaban J connectivity index is 3.38. The van der Waals surface area contributed by atoms with Crippen molar-refractivity contribution in [1.82, 2.24) is 10.2 Å². The number of ether oxygens (including phenoxy) is 1. The molecule has 0 rings (SSSR count). The molecular weight excluding hydrogens is 176 g/mol. The van der Waals surface area contributed by atoms with Crippen molar-refractivity contribution in [3.8, 4) is 0 Å². The molecule has 1 N–H and O–H groups in total. The summed E-state index contributed by atoms with van der Waals surface area (Å²) in [6.45, 7) is 14.1. The Morgan fingerprint density at radius 3 is 2.64 bits per heavy atom. The monoisotopic (exact) mass is 200 g/mol. The molecular formula is C11H24N2O. The molecule has 0 aromatic heterocycles. The van der Waals surface area contributed by atoms with Crippen LogP contribution in [-0.2, 0) is 4.74 Å². The molecule has 3 nitrogen and oxygen atoms in total. The molecule has 3 heteroatoms. The number of nitrogens with one attached hydrogen (secondary N) is 1. The zero-order valence-corrected chi connectivity index (χ0v) is 9.81. The van der Waals surface area contributed by atoms with Crippen LogP contribution in [0.2, 0.25) is 0 Å². The standard InChI is InChI=1S/C11H24N2O/c1-5-13(10-11(2)3)8-6-12-7-9-14-4/h12H,2,5-10H2,1,3-4H3. The van der Waals surface area contributed by atoms with Gasteiger partial charge in [-0.15, -0.1) is 0 Å². The average Bonchev–Trinajstić information content (AvgIpc) is 2.15. The molecule has 0 saturated carbocycles. The SMILES string of the molecule is C=C(C)CN(CC)CCNCCOC. The highest BCUT2D eigenvalue weighted by molar-refractivity contribution is 4.91. The van der Waals surface area contributed by atoms with E-state index in [-0.39, 0.29) is 0 Å². The largest absolute Gasteiger partial charge is 0.383 e. The lowest BCUT2D eigenvalue weighted by atomic mass is 10.3. The lowest BCUT2D eigenvalue weighted by Crippen LogP contribution is -2.34. The van der Waals surface area contributed by atoms with Crippen LogP contribution in [-0.4, -0.2) is 51.3 Å². The Hall–Kier alpha value is -0.380. The molecule has 0 unspecified atom stereocenters. The first-order valence-electron chi connectivity index (χ1n) is 5.27. The third kappa shape index (κ3) is 8.23. The van der Waals surface area contributed by atoms with Crippen molar-refractivity contribution >= 4 is 0 Å². The summed E-state index contributed by atoms with van der Waals surface area (Å²) < 4.78 is 4.95. The van der Waals surface area contributed by atoms with Crippen LogP contribution in [0.15, 0.2) is 12.2 Å². The van der Waals surface area contributed by atoms with Gasteiger partial charge in [-0.05, 0) is 13.5 Å². The highest BCUT2D eigenvalue weighted by Gasteiger charge is 2.00. The van der Waals surface area contributed by atoms with Gasteiger partial charge in [-0.1, -0.05) is 19.1 Å². The van der Waals surface area contributed by atoms with Gasteiger partial charge < -0.3 is 10.1 Å². The molecule has 0 heterocycles. The van der Waals surface area contributed by atoms with E-state index in [1.54, 1.807) is 7.11 Å². The molecule has 0 amide bonds. The van der Waals surface area contributed by atoms with Crippen LogP contribution in [0.5, 0.6) is 0 Å². The number of likely N-dealkylation sites (N-methyl/N-ethyl adjacent to an activating group) is 1. The van der Waals surface area contributed by atoms with Crippen molar-refractivity contribution in [2.24, 2.45) is 0 Å². The Kier molecular flexibility index (Phi) is 8.94. The maximum atomic E-state index is 4.95. The smallest absolute Gasteiger partial charge is 0.0587 e. The van der Waals surface area contributed by atoms with E-state index in [1.165, 1.54) is 5.57 Å². The van der Waals surface area contributed by atoms with Gasteiger partial charge in [0.15, 0.2) is 0 Å². The highest BCUT2D eigenvalue weighted by Crippen LogP contribution is 1.93. The zero-order chi connectivity index (χ0) is 10.8. The van der Waals surface area contributed by atoms with Gasteiger partial charge in [0.1, 0.15) is 0 Å². The van der Waals surface area contributed by atoms with Gasteiger partial charge in [-0.25, -0.2) is 0 Å². The Morgan fingerprint density at radius 2 is 2.14 bits per heavy atom. The van der Waals surface area contributed by atoms with E-state index in [0.717, 1.165) is 39.3 Å². The number of rotatable bonds is 9. The minimum absolute atomic E-state index is 0.784. The quantitative estimate of drug-likeness (QED) is 0.446. The van der Waals surface area contributed by atoms with Crippen LogP contribution >= 0.6 is 0 Å². The summed E-state index contributed by atoms with van der Waals surface area (Å²) in [6.07, 6.45) is 0. The second kappa shape index (κ2) is 9.19. The molecule has 0 aromatic carbocycles. The van der Waals surface area contributed by atoms with Crippen molar-refractivity contribution in [3.63, 3.8) is 0 Å². The molecule has 0 fully saturated rings. The summed E-state index contributed by atoms with van der Waals surface area (Å²) >= 11 is 0. The summed E-state index contributed by atoms with van der Waals surface area (Å²) in [6, 6.07) is 0. The first-order valence-corrected chi connectivity index (χ1v) is 5.27. The average molecular weight is 200 g/mol. The molecule has 84 valence electrons. The van der Waals surface area contributed by atoms with Gasteiger partial charge in [0.05, 0.1) is 6.61 Å². The van der Waals surface area contributed by atoms with E-state index in [0.29, 0.717) is 0 Å². The predicted octanol–water partition coefficient (Wildman–Crippen LogP) is 1.12. The number of methoxy groups -OCH3 is 1. The van der Waals surface area contributed by atoms with E-state index >= 15 is 0 Å². The van der Waals surface area contributed by atoms with Crippen LogP contribution < -0.4 is 5.32 Å². The third-order valence-electron chi connectivity index (χ3n) is 2.03. The minimum atomic E-state index is 0.784. The van der Waals surface area contributed by atoms with E-state index in [4.69, 9.17) is 4.74 Å². The number of hydrogen-bond acceptors (Lipinski definition) is 3. The maximum absolute atomic E-state index is 4.95. The minimum Gasteiger partial charge on any atom is -0.383 e. The number of nitrogens with zero attached hydrogens (tertiary/aromatic N) is 1. The molecule has 0 atom stereocenters. The van der Waals surface area contributed by atoms with E-state index < -0.39 is 0 Å². The summed E-state index contributed by atoms with van der Waals surface area (Å²) in [4.78, 5) is 2.38. The summed E-state index contributed by atoms with van der Waals surface area (Å²) in [5.74, 6) is 0. The van der Waals surface area contributed by atoms with Gasteiger partial charge in [0, 0.05) is 33.3 Å². The van der Waals surface area contributed by atoms with E-state index in [9.17, 15) is 0 Å². The summed E-state index contributed by atoms with van der Waals surface area (Å²) in [5, 5.41) is 3.33. The van der Waals surface area contributed by atoms with Crippen molar-refractivity contribution in [2.75, 3.05) is 46.4 Å². The van der Waals surface area contributed by atoms with Gasteiger partial charge in [-0.3, -0.25) is 4.90 Å². The summed E-state index contributed by atoms with van der Waals surface area (Å²) in [5.41, 5.74) is 1.23. The molecule has 14 heavy (non-hydrogen) atoms. The van der Waals surface area contributed by atoms with E-state index in [2.05, 4.69) is 30.6 Å². The van der Waals surface area contributed by atoms with Gasteiger partial charge in [0.25, 0.3) is 0 Å².